The second kappa shape index (κ2) is 13.3. The zero-order chi connectivity index (χ0) is 24.3. The Morgan fingerprint density at radius 2 is 1.62 bits per heavy atom. The van der Waals surface area contributed by atoms with Gasteiger partial charge in [0, 0.05) is 12.2 Å². The maximum atomic E-state index is 12.8. The molecule has 0 aliphatic heterocycles. The number of nitrogens with one attached hydrogen (secondary N) is 3. The Bertz CT molecular complexity index is 779. The number of urea groups is 1. The first-order valence-electron chi connectivity index (χ1n) is 10.7. The average molecular weight is 450 g/mol. The van der Waals surface area contributed by atoms with Gasteiger partial charge in [0.05, 0.1) is 12.0 Å². The summed E-state index contributed by atoms with van der Waals surface area (Å²) in [5.41, 5.74) is 12.2. The van der Waals surface area contributed by atoms with E-state index in [0.717, 1.165) is 5.56 Å². The highest BCUT2D eigenvalue weighted by Gasteiger charge is 2.25. The summed E-state index contributed by atoms with van der Waals surface area (Å²) in [6.45, 7) is 7.56. The van der Waals surface area contributed by atoms with E-state index in [1.54, 1.807) is 38.1 Å². The fourth-order valence-corrected chi connectivity index (χ4v) is 2.59. The van der Waals surface area contributed by atoms with Crippen LogP contribution in [-0.2, 0) is 25.7 Å². The molecule has 4 amide bonds. The smallest absolute Gasteiger partial charge is 0.312 e. The number of anilines is 1. The monoisotopic (exact) mass is 449 g/mol. The van der Waals surface area contributed by atoms with Crippen molar-refractivity contribution in [3.63, 3.8) is 0 Å². The van der Waals surface area contributed by atoms with E-state index in [1.165, 1.54) is 0 Å². The summed E-state index contributed by atoms with van der Waals surface area (Å²) < 4.78 is 5.18. The highest BCUT2D eigenvalue weighted by atomic mass is 16.5. The minimum atomic E-state index is -0.839. The van der Waals surface area contributed by atoms with Crippen molar-refractivity contribution in [1.29, 1.82) is 0 Å². The van der Waals surface area contributed by atoms with Crippen molar-refractivity contribution in [2.45, 2.75) is 59.2 Å². The molecule has 10 heteroatoms. The van der Waals surface area contributed by atoms with Gasteiger partial charge in [-0.1, -0.05) is 39.8 Å². The SMILES string of the molecule is CC(C)C(=O)OCc1ccc(NC(=O)[C@H](CCCNC(N)=O)NC(=O)[C@@H](N)C(C)C)cc1. The van der Waals surface area contributed by atoms with Crippen LogP contribution in [0.5, 0.6) is 0 Å². The van der Waals surface area contributed by atoms with Crippen molar-refractivity contribution in [1.82, 2.24) is 10.6 Å². The predicted molar refractivity (Wildman–Crippen MR) is 121 cm³/mol. The van der Waals surface area contributed by atoms with Gasteiger partial charge in [-0.2, -0.15) is 0 Å². The number of benzene rings is 1. The van der Waals surface area contributed by atoms with E-state index in [-0.39, 0.29) is 37.4 Å². The number of carbonyl (C=O) groups is 4. The third-order valence-electron chi connectivity index (χ3n) is 4.70. The summed E-state index contributed by atoms with van der Waals surface area (Å²) in [4.78, 5) is 47.6. The van der Waals surface area contributed by atoms with E-state index >= 15 is 0 Å². The van der Waals surface area contributed by atoms with Crippen molar-refractivity contribution in [2.75, 3.05) is 11.9 Å². The minimum absolute atomic E-state index is 0.0902. The molecule has 0 heterocycles. The van der Waals surface area contributed by atoms with Crippen LogP contribution in [0.25, 0.3) is 0 Å². The van der Waals surface area contributed by atoms with Gasteiger partial charge in [-0.3, -0.25) is 14.4 Å². The molecule has 0 radical (unpaired) electrons. The van der Waals surface area contributed by atoms with Crippen molar-refractivity contribution < 1.29 is 23.9 Å². The second-order valence-corrected chi connectivity index (χ2v) is 8.21. The van der Waals surface area contributed by atoms with Crippen LogP contribution in [0.2, 0.25) is 0 Å². The second-order valence-electron chi connectivity index (χ2n) is 8.21. The quantitative estimate of drug-likeness (QED) is 0.238. The lowest BCUT2D eigenvalue weighted by Crippen LogP contribution is -2.51. The lowest BCUT2D eigenvalue weighted by molar-refractivity contribution is -0.148. The molecule has 0 unspecified atom stereocenters. The van der Waals surface area contributed by atoms with E-state index in [1.807, 2.05) is 13.8 Å². The molecular formula is C22H35N5O5. The maximum absolute atomic E-state index is 12.8. The highest BCUT2D eigenvalue weighted by Crippen LogP contribution is 2.13. The normalized spacial score (nSPS) is 12.7. The largest absolute Gasteiger partial charge is 0.461 e. The lowest BCUT2D eigenvalue weighted by atomic mass is 10.0. The Kier molecular flexibility index (Phi) is 11.2. The van der Waals surface area contributed by atoms with Crippen molar-refractivity contribution in [2.24, 2.45) is 23.3 Å². The Morgan fingerprint density at radius 3 is 2.16 bits per heavy atom. The van der Waals surface area contributed by atoms with Gasteiger partial charge in [0.2, 0.25) is 11.8 Å². The molecule has 0 bridgehead atoms. The number of hydrogen-bond acceptors (Lipinski definition) is 6. The zero-order valence-corrected chi connectivity index (χ0v) is 19.1. The fourth-order valence-electron chi connectivity index (χ4n) is 2.59. The molecule has 0 fully saturated rings. The van der Waals surface area contributed by atoms with E-state index in [2.05, 4.69) is 16.0 Å². The van der Waals surface area contributed by atoms with E-state index in [9.17, 15) is 19.2 Å². The number of carbonyl (C=O) groups excluding carboxylic acids is 4. The summed E-state index contributed by atoms with van der Waals surface area (Å²) in [5, 5.41) is 7.90. The van der Waals surface area contributed by atoms with Crippen LogP contribution in [-0.4, -0.2) is 42.4 Å². The van der Waals surface area contributed by atoms with Crippen LogP contribution in [0.1, 0.15) is 46.1 Å². The van der Waals surface area contributed by atoms with Crippen LogP contribution >= 0.6 is 0 Å². The first kappa shape index (κ1) is 26.9. The summed E-state index contributed by atoms with van der Waals surface area (Å²) in [5.74, 6) is -1.42. The Hall–Kier alpha value is -3.14. The molecule has 0 saturated carbocycles. The van der Waals surface area contributed by atoms with Crippen LogP contribution < -0.4 is 27.4 Å². The summed E-state index contributed by atoms with van der Waals surface area (Å²) in [6.07, 6.45) is 0.713. The summed E-state index contributed by atoms with van der Waals surface area (Å²) >= 11 is 0. The van der Waals surface area contributed by atoms with Gasteiger partial charge in [0.1, 0.15) is 12.6 Å². The van der Waals surface area contributed by atoms with E-state index in [4.69, 9.17) is 16.2 Å². The molecule has 0 aromatic heterocycles. The van der Waals surface area contributed by atoms with Gasteiger partial charge >= 0.3 is 12.0 Å². The van der Waals surface area contributed by atoms with Gasteiger partial charge in [0.25, 0.3) is 0 Å². The minimum Gasteiger partial charge on any atom is -0.461 e. The van der Waals surface area contributed by atoms with Crippen LogP contribution in [0.3, 0.4) is 0 Å². The average Bonchev–Trinajstić information content (AvgIpc) is 2.73. The number of hydrogen-bond donors (Lipinski definition) is 5. The molecule has 178 valence electrons. The van der Waals surface area contributed by atoms with E-state index < -0.39 is 29.9 Å². The van der Waals surface area contributed by atoms with Crippen molar-refractivity contribution in [3.8, 4) is 0 Å². The van der Waals surface area contributed by atoms with Crippen LogP contribution in [0.15, 0.2) is 24.3 Å². The highest BCUT2D eigenvalue weighted by molar-refractivity contribution is 5.97. The van der Waals surface area contributed by atoms with Gasteiger partial charge in [-0.25, -0.2) is 4.79 Å². The molecule has 2 atom stereocenters. The third-order valence-corrected chi connectivity index (χ3v) is 4.70. The van der Waals surface area contributed by atoms with Crippen molar-refractivity contribution >= 4 is 29.5 Å². The Labute approximate surface area is 188 Å². The Balaban J connectivity index is 2.75. The molecule has 10 nitrogen and oxygen atoms in total. The molecule has 32 heavy (non-hydrogen) atoms. The van der Waals surface area contributed by atoms with Crippen molar-refractivity contribution in [3.05, 3.63) is 29.8 Å². The number of nitrogens with two attached hydrogens (primary N) is 2. The number of ether oxygens (including phenoxy) is 1. The lowest BCUT2D eigenvalue weighted by Gasteiger charge is -2.22. The van der Waals surface area contributed by atoms with Gasteiger partial charge in [-0.05, 0) is 36.5 Å². The fraction of sp³-hybridized carbons (Fsp3) is 0.545. The zero-order valence-electron chi connectivity index (χ0n) is 19.1. The predicted octanol–water partition coefficient (Wildman–Crippen LogP) is 1.24. The molecule has 1 rings (SSSR count). The standard InChI is InChI=1S/C22H35N5O5/c1-13(2)18(23)20(29)27-17(6-5-11-25-22(24)31)19(28)26-16-9-7-15(8-10-16)12-32-21(30)14(3)4/h7-10,13-14,17-18H,5-6,11-12,23H2,1-4H3,(H,26,28)(H,27,29)(H3,24,25,31)/t17-,18-/m0/s1. The molecular weight excluding hydrogens is 414 g/mol. The third kappa shape index (κ3) is 9.78. The molecule has 1 aromatic carbocycles. The summed E-state index contributed by atoms with van der Waals surface area (Å²) in [7, 11) is 0. The first-order valence-corrected chi connectivity index (χ1v) is 10.7. The van der Waals surface area contributed by atoms with Gasteiger partial charge in [-0.15, -0.1) is 0 Å². The maximum Gasteiger partial charge on any atom is 0.312 e. The number of rotatable bonds is 12. The Morgan fingerprint density at radius 1 is 1.00 bits per heavy atom. The molecule has 0 spiro atoms. The van der Waals surface area contributed by atoms with E-state index in [0.29, 0.717) is 12.1 Å². The number of primary amides is 1. The van der Waals surface area contributed by atoms with Crippen LogP contribution in [0, 0.1) is 11.8 Å². The van der Waals surface area contributed by atoms with Crippen LogP contribution in [0.4, 0.5) is 10.5 Å². The molecule has 1 aromatic rings. The summed E-state index contributed by atoms with van der Waals surface area (Å²) in [6, 6.07) is 4.60. The molecule has 0 aliphatic carbocycles. The first-order chi connectivity index (χ1) is 15.0. The van der Waals surface area contributed by atoms with Gasteiger partial charge < -0.3 is 32.2 Å². The van der Waals surface area contributed by atoms with Gasteiger partial charge in [0.15, 0.2) is 0 Å². The molecule has 0 aliphatic rings. The molecule has 7 N–H and O–H groups in total. The topological polar surface area (TPSA) is 166 Å². The number of esters is 1. The molecule has 0 saturated heterocycles. The number of amides is 4.